The average Bonchev–Trinajstić information content (AvgIpc) is 3.72. The van der Waals surface area contributed by atoms with Crippen molar-refractivity contribution in [1.82, 2.24) is 9.80 Å². The fourth-order valence-electron chi connectivity index (χ4n) is 7.87. The molecule has 3 aliphatic heterocycles. The van der Waals surface area contributed by atoms with Crippen LogP contribution in [0.1, 0.15) is 37.7 Å². The van der Waals surface area contributed by atoms with Crippen molar-refractivity contribution in [3.63, 3.8) is 0 Å². The Hall–Kier alpha value is -3.88. The molecule has 3 amide bonds. The lowest BCUT2D eigenvalue weighted by molar-refractivity contribution is -0.144. The second-order valence-electron chi connectivity index (χ2n) is 12.6. The number of anilines is 1. The number of benzene rings is 3. The molecule has 7 nitrogen and oxygen atoms in total. The van der Waals surface area contributed by atoms with Crippen molar-refractivity contribution in [2.75, 3.05) is 31.1 Å². The number of likely N-dealkylation sites (tertiary alicyclic amines) is 1. The summed E-state index contributed by atoms with van der Waals surface area (Å²) in [7, 11) is 0. The summed E-state index contributed by atoms with van der Waals surface area (Å²) in [6.45, 7) is 9.51. The van der Waals surface area contributed by atoms with Gasteiger partial charge in [-0.25, -0.2) is 0 Å². The van der Waals surface area contributed by atoms with Crippen molar-refractivity contribution in [3.8, 4) is 0 Å². The van der Waals surface area contributed by atoms with Crippen LogP contribution in [0.25, 0.3) is 10.8 Å². The molecular weight excluding hydrogens is 595 g/mol. The average molecular weight is 638 g/mol. The number of thioether (sulfide) groups is 1. The Morgan fingerprint density at radius 2 is 1.67 bits per heavy atom. The maximum Gasteiger partial charge on any atom is 0.251 e. The van der Waals surface area contributed by atoms with Crippen LogP contribution in [0.2, 0.25) is 0 Å². The van der Waals surface area contributed by atoms with Gasteiger partial charge in [-0.15, -0.1) is 24.9 Å². The Morgan fingerprint density at radius 3 is 2.41 bits per heavy atom. The van der Waals surface area contributed by atoms with Crippen LogP contribution in [-0.2, 0) is 20.9 Å². The second kappa shape index (κ2) is 13.9. The summed E-state index contributed by atoms with van der Waals surface area (Å²) >= 11 is 1.70. The monoisotopic (exact) mass is 637 g/mol. The molecule has 240 valence electrons. The highest BCUT2D eigenvalue weighted by atomic mass is 32.2. The van der Waals surface area contributed by atoms with E-state index in [1.165, 1.54) is 0 Å². The third-order valence-electron chi connectivity index (χ3n) is 9.88. The van der Waals surface area contributed by atoms with Gasteiger partial charge in [-0.05, 0) is 60.6 Å². The molecule has 6 rings (SSSR count). The summed E-state index contributed by atoms with van der Waals surface area (Å²) in [6, 6.07) is 23.3. The van der Waals surface area contributed by atoms with Gasteiger partial charge in [-0.1, -0.05) is 72.8 Å². The van der Waals surface area contributed by atoms with Gasteiger partial charge in [0.25, 0.3) is 5.91 Å². The van der Waals surface area contributed by atoms with Crippen LogP contribution in [0.4, 0.5) is 5.69 Å². The lowest BCUT2D eigenvalue weighted by Gasteiger charge is -2.37. The van der Waals surface area contributed by atoms with Gasteiger partial charge >= 0.3 is 0 Å². The van der Waals surface area contributed by atoms with Gasteiger partial charge in [0.05, 0.1) is 16.6 Å². The van der Waals surface area contributed by atoms with Crippen molar-refractivity contribution in [2.24, 2.45) is 11.8 Å². The molecule has 0 radical (unpaired) electrons. The highest BCUT2D eigenvalue weighted by molar-refractivity contribution is 8.02. The number of unbranched alkanes of at least 4 members (excludes halogenated alkanes) is 2. The van der Waals surface area contributed by atoms with Gasteiger partial charge in [0.1, 0.15) is 6.04 Å². The van der Waals surface area contributed by atoms with E-state index in [2.05, 4.69) is 13.2 Å². The number of hydrogen-bond acceptors (Lipinski definition) is 5. The zero-order valence-corrected chi connectivity index (χ0v) is 27.1. The molecule has 1 N–H and O–H groups in total. The maximum absolute atomic E-state index is 14.9. The van der Waals surface area contributed by atoms with Gasteiger partial charge in [-0.2, -0.15) is 0 Å². The van der Waals surface area contributed by atoms with Crippen molar-refractivity contribution in [2.45, 2.75) is 54.7 Å². The fraction of sp³-hybridized carbons (Fsp3) is 0.395. The van der Waals surface area contributed by atoms with Gasteiger partial charge in [0.15, 0.2) is 0 Å². The first-order chi connectivity index (χ1) is 22.4. The number of carbonyl (C=O) groups is 3. The van der Waals surface area contributed by atoms with Gasteiger partial charge in [-0.3, -0.25) is 14.4 Å². The van der Waals surface area contributed by atoms with Gasteiger partial charge < -0.3 is 19.8 Å². The normalized spacial score (nSPS) is 24.6. The van der Waals surface area contributed by atoms with E-state index in [1.807, 2.05) is 77.7 Å². The van der Waals surface area contributed by atoms with Crippen LogP contribution >= 0.6 is 11.8 Å². The number of aliphatic hydroxyl groups is 1. The Balaban J connectivity index is 1.36. The highest BCUT2D eigenvalue weighted by Gasteiger charge is 2.74. The minimum atomic E-state index is -0.694. The first kappa shape index (κ1) is 32.1. The van der Waals surface area contributed by atoms with Crippen LogP contribution in [0.15, 0.2) is 98.1 Å². The number of fused-ring (bicyclic) bond motifs is 2. The number of nitrogens with zero attached hydrogens (tertiary/aromatic N) is 3. The van der Waals surface area contributed by atoms with E-state index in [1.54, 1.807) is 33.7 Å². The van der Waals surface area contributed by atoms with Gasteiger partial charge in [0, 0.05) is 43.7 Å². The molecule has 2 bridgehead atoms. The Labute approximate surface area is 275 Å². The predicted octanol–water partition coefficient (Wildman–Crippen LogP) is 5.83. The summed E-state index contributed by atoms with van der Waals surface area (Å²) in [5.41, 5.74) is 1.79. The minimum Gasteiger partial charge on any atom is -0.396 e. The molecule has 3 aromatic rings. The molecule has 0 aliphatic carbocycles. The molecule has 2 unspecified atom stereocenters. The molecule has 0 saturated carbocycles. The fourth-order valence-corrected chi connectivity index (χ4v) is 10.1. The minimum absolute atomic E-state index is 0.0232. The lowest BCUT2D eigenvalue weighted by Crippen LogP contribution is -2.55. The van der Waals surface area contributed by atoms with Crippen LogP contribution < -0.4 is 4.90 Å². The number of aliphatic hydroxyl groups excluding tert-OH is 1. The summed E-state index contributed by atoms with van der Waals surface area (Å²) in [4.78, 5) is 49.3. The smallest absolute Gasteiger partial charge is 0.251 e. The predicted molar refractivity (Wildman–Crippen MR) is 185 cm³/mol. The second-order valence-corrected chi connectivity index (χ2v) is 14.2. The third-order valence-corrected chi connectivity index (χ3v) is 11.8. The van der Waals surface area contributed by atoms with E-state index in [9.17, 15) is 19.5 Å². The number of hydrogen-bond donors (Lipinski definition) is 1. The molecular formula is C38H43N3O4S. The zero-order valence-electron chi connectivity index (χ0n) is 26.3. The van der Waals surface area contributed by atoms with Crippen LogP contribution in [0.3, 0.4) is 0 Å². The van der Waals surface area contributed by atoms with E-state index in [0.29, 0.717) is 45.4 Å². The van der Waals surface area contributed by atoms with Crippen molar-refractivity contribution >= 4 is 45.9 Å². The first-order valence-corrected chi connectivity index (χ1v) is 17.3. The van der Waals surface area contributed by atoms with E-state index < -0.39 is 22.6 Å². The SMILES string of the molecule is C=CCN(Cc1ccccc1)C(=O)[C@@H]1[C@H]2C(=O)N(CCCCCO)C(C(=O)N(CC=C)c3ccc4ccccc4c3)C23CC[C@H]1S3. The van der Waals surface area contributed by atoms with Crippen LogP contribution in [0.5, 0.6) is 0 Å². The van der Waals surface area contributed by atoms with Crippen molar-refractivity contribution in [1.29, 1.82) is 0 Å². The molecule has 3 fully saturated rings. The van der Waals surface area contributed by atoms with Crippen molar-refractivity contribution in [3.05, 3.63) is 104 Å². The Kier molecular flexibility index (Phi) is 9.66. The summed E-state index contributed by atoms with van der Waals surface area (Å²) < 4.78 is -0.682. The molecule has 8 heteroatoms. The first-order valence-electron chi connectivity index (χ1n) is 16.4. The molecule has 46 heavy (non-hydrogen) atoms. The summed E-state index contributed by atoms with van der Waals surface area (Å²) in [6.07, 6.45) is 7.05. The molecule has 3 aromatic carbocycles. The molecule has 3 saturated heterocycles. The largest absolute Gasteiger partial charge is 0.396 e. The summed E-state index contributed by atoms with van der Waals surface area (Å²) in [5, 5.41) is 11.5. The molecule has 5 atom stereocenters. The zero-order chi connectivity index (χ0) is 32.3. The van der Waals surface area contributed by atoms with Crippen LogP contribution in [0, 0.1) is 11.8 Å². The number of amides is 3. The standard InChI is InChI=1S/C38H43N3O4S/c1-3-21-39(26-27-13-7-5-8-14-27)35(43)32-31-19-20-38(46-31)33(32)36(44)41(23-11-6-12-24-42)34(38)37(45)40(22-4-2)30-18-17-28-15-9-10-16-29(28)25-30/h3-5,7-10,13-18,25,31-34,42H,1-2,6,11-12,19-24,26H2/t31-,32+,33+,34?,38?/m1/s1. The Bertz CT molecular complexity index is 1610. The lowest BCUT2D eigenvalue weighted by atomic mass is 9.70. The van der Waals surface area contributed by atoms with Crippen LogP contribution in [-0.4, -0.2) is 74.9 Å². The summed E-state index contributed by atoms with van der Waals surface area (Å²) in [5.74, 6) is -1.32. The van der Waals surface area contributed by atoms with E-state index in [4.69, 9.17) is 0 Å². The molecule has 1 spiro atoms. The highest BCUT2D eigenvalue weighted by Crippen LogP contribution is 2.66. The molecule has 0 aromatic heterocycles. The van der Waals surface area contributed by atoms with E-state index in [0.717, 1.165) is 34.9 Å². The van der Waals surface area contributed by atoms with Gasteiger partial charge in [0.2, 0.25) is 11.8 Å². The topological polar surface area (TPSA) is 81.2 Å². The number of carbonyl (C=O) groups excluding carboxylic acids is 3. The van der Waals surface area contributed by atoms with Crippen molar-refractivity contribution < 1.29 is 19.5 Å². The number of rotatable bonds is 14. The quantitative estimate of drug-likeness (QED) is 0.178. The third kappa shape index (κ3) is 5.77. The Morgan fingerprint density at radius 1 is 0.935 bits per heavy atom. The molecule has 3 heterocycles. The van der Waals surface area contributed by atoms with E-state index >= 15 is 0 Å². The molecule has 3 aliphatic rings. The van der Waals surface area contributed by atoms with E-state index in [-0.39, 0.29) is 29.6 Å². The maximum atomic E-state index is 14.9.